The molecule has 2 aromatic rings. The molecule has 0 saturated carbocycles. The number of unbranched alkanes of at least 4 members (excludes halogenated alkanes) is 1. The molecule has 0 fully saturated rings. The molecule has 0 unspecified atom stereocenters. The summed E-state index contributed by atoms with van der Waals surface area (Å²) in [6.07, 6.45) is 8.25. The molecular weight excluding hydrogens is 220 g/mol. The second kappa shape index (κ2) is 6.10. The second-order valence-electron chi connectivity index (χ2n) is 4.25. The average molecular weight is 238 g/mol. The van der Waals surface area contributed by atoms with Crippen molar-refractivity contribution in [2.45, 2.75) is 19.8 Å². The summed E-state index contributed by atoms with van der Waals surface area (Å²) >= 11 is 0. The van der Waals surface area contributed by atoms with Crippen LogP contribution in [-0.2, 0) is 0 Å². The van der Waals surface area contributed by atoms with Crippen molar-refractivity contribution in [1.29, 1.82) is 0 Å². The van der Waals surface area contributed by atoms with Crippen LogP contribution in [0.1, 0.15) is 25.3 Å². The third kappa shape index (κ3) is 2.83. The zero-order valence-electron chi connectivity index (χ0n) is 10.9. The Bertz CT molecular complexity index is 582. The molecule has 0 atom stereocenters. The number of pyridine rings is 1. The van der Waals surface area contributed by atoms with Crippen LogP contribution < -0.4 is 0 Å². The van der Waals surface area contributed by atoms with Gasteiger partial charge in [0.1, 0.15) is 0 Å². The quantitative estimate of drug-likeness (QED) is 0.735. The van der Waals surface area contributed by atoms with E-state index >= 15 is 0 Å². The van der Waals surface area contributed by atoms with Crippen LogP contribution in [0.2, 0.25) is 0 Å². The molecular formula is C16H18N2. The summed E-state index contributed by atoms with van der Waals surface area (Å²) in [5.74, 6) is 0. The minimum Gasteiger partial charge on any atom is -0.296 e. The lowest BCUT2D eigenvalue weighted by Gasteiger charge is -2.04. The van der Waals surface area contributed by atoms with Gasteiger partial charge in [-0.2, -0.15) is 0 Å². The molecule has 0 bridgehead atoms. The molecule has 2 nitrogen and oxygen atoms in total. The van der Waals surface area contributed by atoms with Gasteiger partial charge >= 0.3 is 0 Å². The lowest BCUT2D eigenvalue weighted by molar-refractivity contribution is 0.961. The van der Waals surface area contributed by atoms with E-state index in [0.29, 0.717) is 0 Å². The maximum atomic E-state index is 4.49. The van der Waals surface area contributed by atoms with Crippen LogP contribution in [0.5, 0.6) is 0 Å². The zero-order chi connectivity index (χ0) is 12.8. The van der Waals surface area contributed by atoms with E-state index < -0.39 is 0 Å². The first-order chi connectivity index (χ1) is 8.85. The lowest BCUT2D eigenvalue weighted by atomic mass is 10.0. The molecule has 0 spiro atoms. The monoisotopic (exact) mass is 238 g/mol. The van der Waals surface area contributed by atoms with Crippen molar-refractivity contribution in [2.24, 2.45) is 4.99 Å². The molecule has 2 heteroatoms. The summed E-state index contributed by atoms with van der Waals surface area (Å²) in [6.45, 7) is 2.18. The number of allylic oxidation sites excluding steroid dienone is 2. The molecule has 0 aliphatic heterocycles. The molecule has 0 radical (unpaired) electrons. The van der Waals surface area contributed by atoms with Crippen LogP contribution in [0.25, 0.3) is 16.5 Å². The fourth-order valence-corrected chi connectivity index (χ4v) is 1.91. The van der Waals surface area contributed by atoms with E-state index in [1.54, 1.807) is 7.05 Å². The van der Waals surface area contributed by atoms with Crippen molar-refractivity contribution in [3.05, 3.63) is 48.2 Å². The van der Waals surface area contributed by atoms with Gasteiger partial charge in [0.2, 0.25) is 0 Å². The summed E-state index contributed by atoms with van der Waals surface area (Å²) in [7, 11) is 1.80. The van der Waals surface area contributed by atoms with Crippen LogP contribution >= 0.6 is 0 Å². The largest absolute Gasteiger partial charge is 0.296 e. The van der Waals surface area contributed by atoms with Crippen LogP contribution in [0.4, 0.5) is 0 Å². The highest BCUT2D eigenvalue weighted by atomic mass is 14.7. The standard InChI is InChI=1S/C16H18N2/c1-3-4-7-14(11-17-2)15-10-13-8-5-6-9-16(13)18-12-15/h5-12H,3-4H2,1-2H3. The number of hydrogen-bond acceptors (Lipinski definition) is 2. The number of hydrogen-bond donors (Lipinski definition) is 0. The Kier molecular flexibility index (Phi) is 4.24. The fourth-order valence-electron chi connectivity index (χ4n) is 1.91. The summed E-state index contributed by atoms with van der Waals surface area (Å²) in [5, 5.41) is 1.17. The van der Waals surface area contributed by atoms with Crippen molar-refractivity contribution >= 4 is 22.7 Å². The Balaban J connectivity index is 2.44. The smallest absolute Gasteiger partial charge is 0.0702 e. The molecule has 2 rings (SSSR count). The molecule has 0 aliphatic rings. The molecule has 0 amide bonds. The molecule has 0 N–H and O–H groups in total. The van der Waals surface area contributed by atoms with E-state index in [9.17, 15) is 0 Å². The van der Waals surface area contributed by atoms with Crippen LogP contribution in [0.3, 0.4) is 0 Å². The third-order valence-electron chi connectivity index (χ3n) is 2.84. The highest BCUT2D eigenvalue weighted by molar-refractivity contribution is 6.10. The Labute approximate surface area is 108 Å². The summed E-state index contributed by atoms with van der Waals surface area (Å²) in [4.78, 5) is 8.61. The fraction of sp³-hybridized carbons (Fsp3) is 0.250. The topological polar surface area (TPSA) is 25.2 Å². The van der Waals surface area contributed by atoms with Crippen LogP contribution in [0, 0.1) is 0 Å². The molecule has 92 valence electrons. The summed E-state index contributed by atoms with van der Waals surface area (Å²) in [5.41, 5.74) is 3.31. The minimum atomic E-state index is 1.03. The van der Waals surface area contributed by atoms with Gasteiger partial charge in [0.15, 0.2) is 0 Å². The first-order valence-corrected chi connectivity index (χ1v) is 6.32. The van der Waals surface area contributed by atoms with E-state index in [0.717, 1.165) is 29.5 Å². The van der Waals surface area contributed by atoms with Crippen molar-refractivity contribution in [2.75, 3.05) is 7.05 Å². The van der Waals surface area contributed by atoms with E-state index in [2.05, 4.69) is 35.1 Å². The van der Waals surface area contributed by atoms with Crippen molar-refractivity contribution < 1.29 is 0 Å². The molecule has 0 saturated heterocycles. The Morgan fingerprint density at radius 2 is 2.17 bits per heavy atom. The van der Waals surface area contributed by atoms with E-state index in [1.165, 1.54) is 5.39 Å². The van der Waals surface area contributed by atoms with Crippen LogP contribution in [0.15, 0.2) is 47.6 Å². The van der Waals surface area contributed by atoms with Gasteiger partial charge in [-0.3, -0.25) is 9.98 Å². The highest BCUT2D eigenvalue weighted by Crippen LogP contribution is 2.18. The number of fused-ring (bicyclic) bond motifs is 1. The van der Waals surface area contributed by atoms with E-state index in [4.69, 9.17) is 0 Å². The van der Waals surface area contributed by atoms with Gasteiger partial charge in [0.05, 0.1) is 5.52 Å². The highest BCUT2D eigenvalue weighted by Gasteiger charge is 2.01. The summed E-state index contributed by atoms with van der Waals surface area (Å²) in [6, 6.07) is 10.3. The van der Waals surface area contributed by atoms with E-state index in [-0.39, 0.29) is 0 Å². The number of benzene rings is 1. The SMILES string of the molecule is CCCC=C(C=NC)c1cnc2ccccc2c1. The molecule has 1 aromatic heterocycles. The van der Waals surface area contributed by atoms with Crippen molar-refractivity contribution in [3.63, 3.8) is 0 Å². The number of aliphatic imine (C=N–C) groups is 1. The van der Waals surface area contributed by atoms with Gasteiger partial charge in [-0.15, -0.1) is 0 Å². The molecule has 1 aromatic carbocycles. The number of para-hydroxylation sites is 1. The van der Waals surface area contributed by atoms with Crippen molar-refractivity contribution in [3.8, 4) is 0 Å². The van der Waals surface area contributed by atoms with Gasteiger partial charge in [-0.05, 0) is 24.1 Å². The summed E-state index contributed by atoms with van der Waals surface area (Å²) < 4.78 is 0. The van der Waals surface area contributed by atoms with Gasteiger partial charge in [-0.25, -0.2) is 0 Å². The van der Waals surface area contributed by atoms with Gasteiger partial charge in [0, 0.05) is 30.4 Å². The maximum Gasteiger partial charge on any atom is 0.0702 e. The number of rotatable bonds is 4. The molecule has 18 heavy (non-hydrogen) atoms. The van der Waals surface area contributed by atoms with Gasteiger partial charge < -0.3 is 0 Å². The Hall–Kier alpha value is -1.96. The lowest BCUT2D eigenvalue weighted by Crippen LogP contribution is -1.89. The zero-order valence-corrected chi connectivity index (χ0v) is 10.9. The second-order valence-corrected chi connectivity index (χ2v) is 4.25. The predicted octanol–water partition coefficient (Wildman–Crippen LogP) is 4.12. The molecule has 0 aliphatic carbocycles. The minimum absolute atomic E-state index is 1.03. The van der Waals surface area contributed by atoms with Gasteiger partial charge in [-0.1, -0.05) is 37.6 Å². The molecule has 1 heterocycles. The first-order valence-electron chi connectivity index (χ1n) is 6.32. The maximum absolute atomic E-state index is 4.49. The van der Waals surface area contributed by atoms with E-state index in [1.807, 2.05) is 30.6 Å². The van der Waals surface area contributed by atoms with Crippen molar-refractivity contribution in [1.82, 2.24) is 4.98 Å². The number of nitrogens with zero attached hydrogens (tertiary/aromatic N) is 2. The first kappa shape index (κ1) is 12.5. The Morgan fingerprint density at radius 1 is 1.33 bits per heavy atom. The third-order valence-corrected chi connectivity index (χ3v) is 2.84. The normalized spacial score (nSPS) is 12.4. The Morgan fingerprint density at radius 3 is 2.94 bits per heavy atom. The predicted molar refractivity (Wildman–Crippen MR) is 79.0 cm³/mol. The average Bonchev–Trinajstić information content (AvgIpc) is 2.43. The van der Waals surface area contributed by atoms with Gasteiger partial charge in [0.25, 0.3) is 0 Å². The number of aromatic nitrogens is 1. The van der Waals surface area contributed by atoms with Crippen LogP contribution in [-0.4, -0.2) is 18.2 Å².